The average molecular weight is 636 g/mol. The number of anilines is 1. The third-order valence-electron chi connectivity index (χ3n) is 9.05. The third-order valence-corrected chi connectivity index (χ3v) is 9.79. The van der Waals surface area contributed by atoms with E-state index in [4.69, 9.17) is 34.8 Å². The molecule has 224 valence electrons. The summed E-state index contributed by atoms with van der Waals surface area (Å²) in [5, 5.41) is 21.1. The standard InChI is InChI=1S/C28H32Cl3F3N4O3/c1-36(2)24(39)19-4-5-21(35-23(19)31)38-8-6-15(7-9-38)22-20-13-26(20,22)14-37(3)25(40)27(41,28(32,33)34)16-10-17(29)12-18(30)11-16/h4-5,10-12,15,20,22,24,39,41H,6-9,13-14H2,1-3H3/t20?,22-,24?,26+,27+/m0/s1. The van der Waals surface area contributed by atoms with Crippen LogP contribution in [0.2, 0.25) is 15.2 Å². The Balaban J connectivity index is 1.22. The quantitative estimate of drug-likeness (QED) is 0.301. The summed E-state index contributed by atoms with van der Waals surface area (Å²) in [6.07, 6.45) is -3.50. The molecule has 1 aromatic heterocycles. The number of carbonyl (C=O) groups is 1. The molecule has 2 aliphatic carbocycles. The Kier molecular flexibility index (Phi) is 8.01. The zero-order valence-electron chi connectivity index (χ0n) is 22.8. The molecule has 1 saturated heterocycles. The molecule has 41 heavy (non-hydrogen) atoms. The van der Waals surface area contributed by atoms with E-state index in [1.54, 1.807) is 25.1 Å². The van der Waals surface area contributed by atoms with Gasteiger partial charge in [0.15, 0.2) is 0 Å². The second-order valence-corrected chi connectivity index (χ2v) is 13.0. The number of aromatic nitrogens is 1. The van der Waals surface area contributed by atoms with Crippen molar-refractivity contribution in [3.8, 4) is 0 Å². The fourth-order valence-electron chi connectivity index (χ4n) is 6.68. The number of fused-ring (bicyclic) bond motifs is 1. The lowest BCUT2D eigenvalue weighted by Gasteiger charge is -2.36. The molecule has 7 nitrogen and oxygen atoms in total. The van der Waals surface area contributed by atoms with Crippen LogP contribution in [0, 0.1) is 23.2 Å². The zero-order valence-corrected chi connectivity index (χ0v) is 25.1. The van der Waals surface area contributed by atoms with Gasteiger partial charge in [-0.15, -0.1) is 0 Å². The molecule has 3 fully saturated rings. The van der Waals surface area contributed by atoms with E-state index in [0.29, 0.717) is 23.3 Å². The van der Waals surface area contributed by atoms with Crippen molar-refractivity contribution < 1.29 is 28.2 Å². The summed E-state index contributed by atoms with van der Waals surface area (Å²) in [4.78, 5) is 22.5. The van der Waals surface area contributed by atoms with E-state index in [0.717, 1.165) is 55.2 Å². The van der Waals surface area contributed by atoms with E-state index >= 15 is 0 Å². The number of hydrogen-bond donors (Lipinski definition) is 2. The number of halogens is 6. The number of pyridine rings is 1. The topological polar surface area (TPSA) is 80.1 Å². The SMILES string of the molecule is CN(C[C@]12CC1[C@@H]2C1CCN(c2ccc(C(O)N(C)C)c(Cl)n2)CC1)C(=O)[C@](O)(c1cc(Cl)cc(Cl)c1)C(F)(F)F. The van der Waals surface area contributed by atoms with Crippen LogP contribution in [0.15, 0.2) is 30.3 Å². The van der Waals surface area contributed by atoms with Gasteiger partial charge in [0.1, 0.15) is 17.2 Å². The number of aliphatic hydroxyl groups excluding tert-OH is 1. The number of aliphatic hydroxyl groups is 2. The number of rotatable bonds is 8. The van der Waals surface area contributed by atoms with Crippen molar-refractivity contribution in [2.45, 2.75) is 37.3 Å². The first-order valence-electron chi connectivity index (χ1n) is 13.4. The van der Waals surface area contributed by atoms with Crippen molar-refractivity contribution in [2.24, 2.45) is 23.2 Å². The first-order valence-corrected chi connectivity index (χ1v) is 14.5. The summed E-state index contributed by atoms with van der Waals surface area (Å²) in [6, 6.07) is 6.69. The molecule has 5 rings (SSSR count). The van der Waals surface area contributed by atoms with Gasteiger partial charge in [-0.3, -0.25) is 9.69 Å². The minimum Gasteiger partial charge on any atom is -0.374 e. The number of benzene rings is 1. The molecule has 1 amide bonds. The number of alkyl halides is 3. The predicted molar refractivity (Wildman–Crippen MR) is 151 cm³/mol. The monoisotopic (exact) mass is 634 g/mol. The van der Waals surface area contributed by atoms with Gasteiger partial charge in [0.05, 0.1) is 0 Å². The number of carbonyl (C=O) groups excluding carboxylic acids is 1. The Labute approximate surface area is 251 Å². The van der Waals surface area contributed by atoms with Gasteiger partial charge >= 0.3 is 6.18 Å². The number of amides is 1. The number of likely N-dealkylation sites (N-methyl/N-ethyl adjacent to an activating group) is 1. The van der Waals surface area contributed by atoms with Crippen LogP contribution < -0.4 is 4.90 Å². The molecule has 2 aromatic rings. The van der Waals surface area contributed by atoms with E-state index in [1.807, 2.05) is 6.07 Å². The lowest BCUT2D eigenvalue weighted by atomic mass is 9.83. The number of hydrogen-bond acceptors (Lipinski definition) is 6. The summed E-state index contributed by atoms with van der Waals surface area (Å²) in [7, 11) is 4.79. The first-order chi connectivity index (χ1) is 19.1. The van der Waals surface area contributed by atoms with E-state index in [1.165, 1.54) is 13.1 Å². The fourth-order valence-corrected chi connectivity index (χ4v) is 7.45. The highest BCUT2D eigenvalue weighted by Gasteiger charge is 2.80. The molecule has 2 N–H and O–H groups in total. The molecule has 1 aromatic carbocycles. The van der Waals surface area contributed by atoms with Crippen molar-refractivity contribution in [3.63, 3.8) is 0 Å². The van der Waals surface area contributed by atoms with Crippen LogP contribution in [0.4, 0.5) is 19.0 Å². The molecule has 1 aliphatic heterocycles. The maximum atomic E-state index is 14.2. The molecular weight excluding hydrogens is 604 g/mol. The highest BCUT2D eigenvalue weighted by atomic mass is 35.5. The Hall–Kier alpha value is -1.82. The fraction of sp³-hybridized carbons (Fsp3) is 0.571. The van der Waals surface area contributed by atoms with Gasteiger partial charge in [0.25, 0.3) is 11.5 Å². The van der Waals surface area contributed by atoms with Crippen molar-refractivity contribution >= 4 is 46.5 Å². The Morgan fingerprint density at radius 1 is 1.12 bits per heavy atom. The van der Waals surface area contributed by atoms with Crippen LogP contribution in [0.5, 0.6) is 0 Å². The van der Waals surface area contributed by atoms with Gasteiger partial charge in [-0.2, -0.15) is 13.2 Å². The highest BCUT2D eigenvalue weighted by molar-refractivity contribution is 6.34. The van der Waals surface area contributed by atoms with Crippen LogP contribution in [0.1, 0.15) is 36.6 Å². The summed E-state index contributed by atoms with van der Waals surface area (Å²) in [6.45, 7) is 1.64. The maximum Gasteiger partial charge on any atom is 0.430 e. The van der Waals surface area contributed by atoms with Crippen LogP contribution in [-0.2, 0) is 10.4 Å². The molecule has 2 heterocycles. The summed E-state index contributed by atoms with van der Waals surface area (Å²) >= 11 is 18.1. The van der Waals surface area contributed by atoms with Gasteiger partial charge in [0, 0.05) is 47.9 Å². The van der Waals surface area contributed by atoms with E-state index < -0.39 is 29.5 Å². The second-order valence-electron chi connectivity index (χ2n) is 11.8. The molecule has 3 aliphatic rings. The smallest absolute Gasteiger partial charge is 0.374 e. The summed E-state index contributed by atoms with van der Waals surface area (Å²) in [5.74, 6) is 0.361. The Bertz CT molecular complexity index is 1320. The molecule has 0 spiro atoms. The zero-order chi connectivity index (χ0) is 30.1. The molecule has 0 bridgehead atoms. The van der Waals surface area contributed by atoms with Gasteiger partial charge < -0.3 is 20.0 Å². The largest absolute Gasteiger partial charge is 0.430 e. The lowest BCUT2D eigenvalue weighted by Crippen LogP contribution is -2.55. The second kappa shape index (κ2) is 10.7. The first kappa shape index (κ1) is 30.6. The number of piperidine rings is 1. The van der Waals surface area contributed by atoms with Crippen LogP contribution in [0.3, 0.4) is 0 Å². The van der Waals surface area contributed by atoms with Crippen molar-refractivity contribution in [1.29, 1.82) is 0 Å². The highest BCUT2D eigenvalue weighted by Crippen LogP contribution is 2.82. The molecule has 2 unspecified atom stereocenters. The van der Waals surface area contributed by atoms with Crippen molar-refractivity contribution in [3.05, 3.63) is 56.7 Å². The molecular formula is C28H32Cl3F3N4O3. The molecule has 5 atom stereocenters. The lowest BCUT2D eigenvalue weighted by molar-refractivity contribution is -0.261. The van der Waals surface area contributed by atoms with Crippen molar-refractivity contribution in [1.82, 2.24) is 14.8 Å². The predicted octanol–water partition coefficient (Wildman–Crippen LogP) is 5.36. The Morgan fingerprint density at radius 3 is 2.24 bits per heavy atom. The normalized spacial score (nSPS) is 26.4. The number of nitrogens with zero attached hydrogens (tertiary/aromatic N) is 4. The summed E-state index contributed by atoms with van der Waals surface area (Å²) < 4.78 is 42.5. The van der Waals surface area contributed by atoms with E-state index in [2.05, 4.69) is 9.88 Å². The summed E-state index contributed by atoms with van der Waals surface area (Å²) in [5.41, 5.74) is -4.15. The minimum atomic E-state index is -5.28. The maximum absolute atomic E-state index is 14.2. The minimum absolute atomic E-state index is 0.111. The van der Waals surface area contributed by atoms with Gasteiger partial charge in [-0.05, 0) is 86.9 Å². The van der Waals surface area contributed by atoms with E-state index in [-0.39, 0.29) is 27.2 Å². The molecule has 2 saturated carbocycles. The molecule has 13 heteroatoms. The van der Waals surface area contributed by atoms with Gasteiger partial charge in [0.2, 0.25) is 0 Å². The van der Waals surface area contributed by atoms with Gasteiger partial charge in [-0.1, -0.05) is 34.8 Å². The van der Waals surface area contributed by atoms with Crippen LogP contribution in [0.25, 0.3) is 0 Å². The average Bonchev–Trinajstić information content (AvgIpc) is 3.76. The van der Waals surface area contributed by atoms with Gasteiger partial charge in [-0.25, -0.2) is 4.98 Å². The van der Waals surface area contributed by atoms with Crippen LogP contribution >= 0.6 is 34.8 Å². The van der Waals surface area contributed by atoms with E-state index in [9.17, 15) is 28.2 Å². The third kappa shape index (κ3) is 5.40. The van der Waals surface area contributed by atoms with Crippen molar-refractivity contribution in [2.75, 3.05) is 45.7 Å². The Morgan fingerprint density at radius 2 is 1.73 bits per heavy atom. The molecule has 0 radical (unpaired) electrons. The van der Waals surface area contributed by atoms with Crippen LogP contribution in [-0.4, -0.2) is 77.9 Å².